The number of carbonyl (C=O) groups excluding carboxylic acids is 1. The van der Waals surface area contributed by atoms with Gasteiger partial charge in [-0.05, 0) is 19.1 Å². The Morgan fingerprint density at radius 1 is 1.53 bits per heavy atom. The fourth-order valence-corrected chi connectivity index (χ4v) is 2.17. The molecule has 0 aromatic heterocycles. The van der Waals surface area contributed by atoms with Crippen LogP contribution < -0.4 is 0 Å². The molecule has 0 radical (unpaired) electrons. The Hall–Kier alpha value is -2.10. The van der Waals surface area contributed by atoms with Crippen LogP contribution in [0.2, 0.25) is 0 Å². The van der Waals surface area contributed by atoms with Crippen LogP contribution in [-0.4, -0.2) is 30.6 Å². The van der Waals surface area contributed by atoms with Gasteiger partial charge in [0.1, 0.15) is 6.04 Å². The molecule has 2 atom stereocenters. The van der Waals surface area contributed by atoms with Crippen LogP contribution in [0.5, 0.6) is 0 Å². The molecule has 1 aromatic rings. The number of ether oxygens (including phenoxy) is 2. The van der Waals surface area contributed by atoms with Crippen molar-refractivity contribution in [1.82, 2.24) is 0 Å². The average Bonchev–Trinajstić information content (AvgIpc) is 2.78. The van der Waals surface area contributed by atoms with E-state index in [1.54, 1.807) is 6.08 Å². The molecule has 1 aromatic carbocycles. The standard InChI is InChI=1S/C15H17NO3/c1-4-10-15(14(17)18-3)11(2)16-13(19-15)12-8-6-5-7-9-12/h4-9,11H,1,10H2,2-3H3/t11-,15-/m0/s1. The van der Waals surface area contributed by atoms with Crippen molar-refractivity contribution < 1.29 is 14.3 Å². The molecule has 0 amide bonds. The number of aliphatic imine (C=N–C) groups is 1. The van der Waals surface area contributed by atoms with E-state index >= 15 is 0 Å². The SMILES string of the molecule is C=CC[C@]1(C(=O)OC)OC(c2ccccc2)=N[C@H]1C. The minimum absolute atomic E-state index is 0.312. The van der Waals surface area contributed by atoms with Crippen LogP contribution in [-0.2, 0) is 14.3 Å². The lowest BCUT2D eigenvalue weighted by molar-refractivity contribution is -0.159. The van der Waals surface area contributed by atoms with Gasteiger partial charge < -0.3 is 9.47 Å². The van der Waals surface area contributed by atoms with E-state index in [2.05, 4.69) is 11.6 Å². The van der Waals surface area contributed by atoms with Gasteiger partial charge in [0.2, 0.25) is 11.5 Å². The fourth-order valence-electron chi connectivity index (χ4n) is 2.17. The second-order valence-corrected chi connectivity index (χ2v) is 4.45. The summed E-state index contributed by atoms with van der Waals surface area (Å²) in [5.41, 5.74) is -0.244. The molecule has 4 nitrogen and oxygen atoms in total. The van der Waals surface area contributed by atoms with Crippen molar-refractivity contribution in [2.24, 2.45) is 4.99 Å². The second kappa shape index (κ2) is 5.26. The van der Waals surface area contributed by atoms with E-state index < -0.39 is 11.6 Å². The zero-order valence-corrected chi connectivity index (χ0v) is 11.1. The molecule has 0 aliphatic carbocycles. The summed E-state index contributed by atoms with van der Waals surface area (Å²) < 4.78 is 10.7. The van der Waals surface area contributed by atoms with Crippen LogP contribution in [0, 0.1) is 0 Å². The lowest BCUT2D eigenvalue weighted by Gasteiger charge is -2.27. The first kappa shape index (κ1) is 13.3. The van der Waals surface area contributed by atoms with Crippen molar-refractivity contribution in [3.8, 4) is 0 Å². The minimum atomic E-state index is -1.10. The predicted octanol–water partition coefficient (Wildman–Crippen LogP) is 2.34. The Labute approximate surface area is 112 Å². The van der Waals surface area contributed by atoms with Gasteiger partial charge in [-0.15, -0.1) is 6.58 Å². The Morgan fingerprint density at radius 2 is 2.21 bits per heavy atom. The molecule has 100 valence electrons. The Kier molecular flexibility index (Phi) is 3.69. The number of hydrogen-bond donors (Lipinski definition) is 0. The third-order valence-corrected chi connectivity index (χ3v) is 3.26. The van der Waals surface area contributed by atoms with Crippen molar-refractivity contribution in [2.45, 2.75) is 25.0 Å². The second-order valence-electron chi connectivity index (χ2n) is 4.45. The summed E-state index contributed by atoms with van der Waals surface area (Å²) in [6.45, 7) is 5.52. The largest absolute Gasteiger partial charge is 0.466 e. The Balaban J connectivity index is 2.33. The molecule has 4 heteroatoms. The Morgan fingerprint density at radius 3 is 2.79 bits per heavy atom. The lowest BCUT2D eigenvalue weighted by atomic mass is 9.92. The summed E-state index contributed by atoms with van der Waals surface area (Å²) in [6.07, 6.45) is 2.01. The first-order valence-electron chi connectivity index (χ1n) is 6.15. The van der Waals surface area contributed by atoms with Crippen molar-refractivity contribution in [3.63, 3.8) is 0 Å². The summed E-state index contributed by atoms with van der Waals surface area (Å²) in [5.74, 6) is 0.0509. The van der Waals surface area contributed by atoms with Gasteiger partial charge in [-0.1, -0.05) is 24.3 Å². The van der Waals surface area contributed by atoms with Crippen LogP contribution in [0.3, 0.4) is 0 Å². The summed E-state index contributed by atoms with van der Waals surface area (Å²) >= 11 is 0. The quantitative estimate of drug-likeness (QED) is 0.616. The van der Waals surface area contributed by atoms with Gasteiger partial charge in [-0.3, -0.25) is 0 Å². The van der Waals surface area contributed by atoms with Gasteiger partial charge in [-0.25, -0.2) is 9.79 Å². The maximum atomic E-state index is 12.0. The Bertz CT molecular complexity index is 509. The lowest BCUT2D eigenvalue weighted by Crippen LogP contribution is -2.47. The van der Waals surface area contributed by atoms with Crippen LogP contribution in [0.15, 0.2) is 48.0 Å². The van der Waals surface area contributed by atoms with Crippen molar-refractivity contribution in [1.29, 1.82) is 0 Å². The van der Waals surface area contributed by atoms with E-state index in [4.69, 9.17) is 9.47 Å². The van der Waals surface area contributed by atoms with Gasteiger partial charge in [0.25, 0.3) is 0 Å². The molecule has 0 saturated carbocycles. The molecule has 1 aliphatic rings. The smallest absolute Gasteiger partial charge is 0.352 e. The molecule has 0 saturated heterocycles. The molecule has 0 N–H and O–H groups in total. The van der Waals surface area contributed by atoms with E-state index in [9.17, 15) is 4.79 Å². The summed E-state index contributed by atoms with van der Waals surface area (Å²) in [5, 5.41) is 0. The first-order chi connectivity index (χ1) is 9.14. The van der Waals surface area contributed by atoms with Crippen molar-refractivity contribution >= 4 is 11.9 Å². The van der Waals surface area contributed by atoms with Crippen molar-refractivity contribution in [3.05, 3.63) is 48.6 Å². The molecular formula is C15H17NO3. The van der Waals surface area contributed by atoms with E-state index in [1.165, 1.54) is 7.11 Å². The van der Waals surface area contributed by atoms with Gasteiger partial charge >= 0.3 is 5.97 Å². The molecule has 19 heavy (non-hydrogen) atoms. The summed E-state index contributed by atoms with van der Waals surface area (Å²) in [4.78, 5) is 16.5. The minimum Gasteiger partial charge on any atom is -0.466 e. The van der Waals surface area contributed by atoms with Crippen LogP contribution in [0.25, 0.3) is 0 Å². The van der Waals surface area contributed by atoms with Crippen LogP contribution >= 0.6 is 0 Å². The molecule has 1 aliphatic heterocycles. The number of hydrogen-bond acceptors (Lipinski definition) is 4. The number of nitrogens with zero attached hydrogens (tertiary/aromatic N) is 1. The molecule has 1 heterocycles. The van der Waals surface area contributed by atoms with E-state index in [0.717, 1.165) is 5.56 Å². The van der Waals surface area contributed by atoms with Gasteiger partial charge in [0, 0.05) is 12.0 Å². The van der Waals surface area contributed by atoms with Gasteiger partial charge in [0.15, 0.2) is 0 Å². The topological polar surface area (TPSA) is 47.9 Å². The highest BCUT2D eigenvalue weighted by Crippen LogP contribution is 2.33. The number of carbonyl (C=O) groups is 1. The summed E-state index contributed by atoms with van der Waals surface area (Å²) in [7, 11) is 1.35. The molecule has 2 rings (SSSR count). The first-order valence-corrected chi connectivity index (χ1v) is 6.15. The normalized spacial score (nSPS) is 25.4. The van der Waals surface area contributed by atoms with E-state index in [1.807, 2.05) is 37.3 Å². The highest BCUT2D eigenvalue weighted by molar-refractivity contribution is 5.99. The highest BCUT2D eigenvalue weighted by atomic mass is 16.6. The van der Waals surface area contributed by atoms with E-state index in [0.29, 0.717) is 12.3 Å². The number of esters is 1. The highest BCUT2D eigenvalue weighted by Gasteiger charge is 2.51. The average molecular weight is 259 g/mol. The predicted molar refractivity (Wildman–Crippen MR) is 73.1 cm³/mol. The van der Waals surface area contributed by atoms with E-state index in [-0.39, 0.29) is 6.04 Å². The monoisotopic (exact) mass is 259 g/mol. The third-order valence-electron chi connectivity index (χ3n) is 3.26. The maximum absolute atomic E-state index is 12.0. The molecule has 0 fully saturated rings. The third kappa shape index (κ3) is 2.26. The van der Waals surface area contributed by atoms with Crippen molar-refractivity contribution in [2.75, 3.05) is 7.11 Å². The maximum Gasteiger partial charge on any atom is 0.352 e. The molecule has 0 bridgehead atoms. The fraction of sp³-hybridized carbons (Fsp3) is 0.333. The zero-order valence-electron chi connectivity index (χ0n) is 11.1. The number of rotatable bonds is 4. The van der Waals surface area contributed by atoms with Gasteiger partial charge in [-0.2, -0.15) is 0 Å². The van der Waals surface area contributed by atoms with Gasteiger partial charge in [0.05, 0.1) is 7.11 Å². The van der Waals surface area contributed by atoms with Crippen LogP contribution in [0.1, 0.15) is 18.9 Å². The number of methoxy groups -OCH3 is 1. The molecular weight excluding hydrogens is 242 g/mol. The molecule has 0 unspecified atom stereocenters. The summed E-state index contributed by atoms with van der Waals surface area (Å²) in [6, 6.07) is 9.20. The zero-order chi connectivity index (χ0) is 13.9. The number of benzene rings is 1. The molecule has 0 spiro atoms. The van der Waals surface area contributed by atoms with Crippen LogP contribution in [0.4, 0.5) is 0 Å².